The minimum atomic E-state index is -3.74. The topological polar surface area (TPSA) is 107 Å². The summed E-state index contributed by atoms with van der Waals surface area (Å²) in [4.78, 5) is 9.78. The molecule has 0 spiro atoms. The Morgan fingerprint density at radius 2 is 2.13 bits per heavy atom. The number of sulfone groups is 1. The van der Waals surface area contributed by atoms with E-state index in [9.17, 15) is 27.3 Å². The number of nitrogens with one attached hydrogen (secondary N) is 1. The van der Waals surface area contributed by atoms with E-state index in [4.69, 9.17) is 0 Å². The van der Waals surface area contributed by atoms with Crippen LogP contribution in [0.5, 0.6) is 0 Å². The number of alkyl halides is 2. The Kier molecular flexibility index (Phi) is 4.59. The molecule has 0 aliphatic rings. The molecule has 0 radical (unpaired) electrons. The van der Waals surface area contributed by atoms with Crippen molar-refractivity contribution in [3.63, 3.8) is 0 Å². The Hall–Kier alpha value is -2.56. The molecule has 2 aromatic rings. The summed E-state index contributed by atoms with van der Waals surface area (Å²) in [6.45, 7) is -0.596. The molecular formula is C12H12F2N4O4S. The van der Waals surface area contributed by atoms with Crippen molar-refractivity contribution in [1.82, 2.24) is 9.78 Å². The van der Waals surface area contributed by atoms with Gasteiger partial charge in [-0.25, -0.2) is 17.2 Å². The molecule has 23 heavy (non-hydrogen) atoms. The number of nitro benzene ring substituents is 1. The zero-order valence-corrected chi connectivity index (χ0v) is 12.6. The Labute approximate surface area is 129 Å². The predicted octanol–water partition coefficient (Wildman–Crippen LogP) is 2.20. The summed E-state index contributed by atoms with van der Waals surface area (Å²) in [6, 6.07) is 3.31. The number of aromatic nitrogens is 2. The maximum atomic E-state index is 12.3. The van der Waals surface area contributed by atoms with Crippen molar-refractivity contribution >= 4 is 26.9 Å². The van der Waals surface area contributed by atoms with Crippen LogP contribution in [0.25, 0.3) is 0 Å². The van der Waals surface area contributed by atoms with Crippen LogP contribution < -0.4 is 5.32 Å². The van der Waals surface area contributed by atoms with Crippen LogP contribution in [-0.4, -0.2) is 35.8 Å². The highest BCUT2D eigenvalue weighted by Crippen LogP contribution is 2.28. The Morgan fingerprint density at radius 1 is 1.43 bits per heavy atom. The van der Waals surface area contributed by atoms with E-state index in [0.29, 0.717) is 0 Å². The minimum Gasteiger partial charge on any atom is -0.352 e. The number of nitro groups is 1. The summed E-state index contributed by atoms with van der Waals surface area (Å²) >= 11 is 0. The number of hydrogen-bond acceptors (Lipinski definition) is 6. The molecule has 1 aromatic heterocycles. The van der Waals surface area contributed by atoms with Crippen molar-refractivity contribution in [3.05, 3.63) is 40.7 Å². The first-order valence-corrected chi connectivity index (χ1v) is 8.12. The lowest BCUT2D eigenvalue weighted by Crippen LogP contribution is -2.06. The van der Waals surface area contributed by atoms with Gasteiger partial charge in [0.25, 0.3) is 12.1 Å². The average molecular weight is 346 g/mol. The third kappa shape index (κ3) is 4.22. The number of nitrogens with zero attached hydrogens (tertiary/aromatic N) is 3. The number of halogens is 2. The quantitative estimate of drug-likeness (QED) is 0.635. The van der Waals surface area contributed by atoms with E-state index in [2.05, 4.69) is 10.4 Å². The van der Waals surface area contributed by atoms with Gasteiger partial charge in [-0.15, -0.1) is 0 Å². The number of benzene rings is 1. The molecule has 0 amide bonds. The van der Waals surface area contributed by atoms with Gasteiger partial charge in [0, 0.05) is 24.6 Å². The molecule has 0 saturated carbocycles. The first-order valence-electron chi connectivity index (χ1n) is 6.23. The number of rotatable bonds is 6. The fourth-order valence-corrected chi connectivity index (χ4v) is 2.71. The minimum absolute atomic E-state index is 0.0923. The Bertz CT molecular complexity index is 835. The SMILES string of the molecule is CS(=O)(=O)c1cc([N+](=O)[O-])ccc1Nc1cnn(CC(F)F)c1. The summed E-state index contributed by atoms with van der Waals surface area (Å²) in [6.07, 6.45) is 0.862. The number of hydrogen-bond donors (Lipinski definition) is 1. The van der Waals surface area contributed by atoms with Crippen LogP contribution in [0.1, 0.15) is 0 Å². The molecule has 0 atom stereocenters. The highest BCUT2D eigenvalue weighted by molar-refractivity contribution is 7.90. The van der Waals surface area contributed by atoms with E-state index in [1.54, 1.807) is 0 Å². The van der Waals surface area contributed by atoms with Crippen LogP contribution in [0, 0.1) is 10.1 Å². The smallest absolute Gasteiger partial charge is 0.270 e. The van der Waals surface area contributed by atoms with E-state index >= 15 is 0 Å². The van der Waals surface area contributed by atoms with Gasteiger partial charge >= 0.3 is 0 Å². The summed E-state index contributed by atoms with van der Waals surface area (Å²) in [5, 5.41) is 17.2. The van der Waals surface area contributed by atoms with Crippen LogP contribution >= 0.6 is 0 Å². The number of anilines is 2. The third-order valence-electron chi connectivity index (χ3n) is 2.81. The van der Waals surface area contributed by atoms with Gasteiger partial charge in [-0.3, -0.25) is 14.8 Å². The molecule has 1 aromatic carbocycles. The first kappa shape index (κ1) is 16.8. The molecule has 11 heteroatoms. The van der Waals surface area contributed by atoms with Crippen molar-refractivity contribution in [2.24, 2.45) is 0 Å². The van der Waals surface area contributed by atoms with Crippen LogP contribution in [0.15, 0.2) is 35.5 Å². The second-order valence-electron chi connectivity index (χ2n) is 4.68. The van der Waals surface area contributed by atoms with E-state index in [1.807, 2.05) is 0 Å². The molecule has 1 N–H and O–H groups in total. The van der Waals surface area contributed by atoms with Gasteiger partial charge < -0.3 is 5.32 Å². The largest absolute Gasteiger partial charge is 0.352 e. The van der Waals surface area contributed by atoms with Crippen molar-refractivity contribution in [2.75, 3.05) is 11.6 Å². The zero-order chi connectivity index (χ0) is 17.2. The molecule has 0 aliphatic carbocycles. The van der Waals surface area contributed by atoms with E-state index in [1.165, 1.54) is 18.5 Å². The molecule has 2 rings (SSSR count). The summed E-state index contributed by atoms with van der Waals surface area (Å²) in [5.41, 5.74) is 0.00321. The molecule has 0 unspecified atom stereocenters. The highest BCUT2D eigenvalue weighted by atomic mass is 32.2. The van der Waals surface area contributed by atoms with Crippen molar-refractivity contribution in [3.8, 4) is 0 Å². The van der Waals surface area contributed by atoms with Crippen LogP contribution in [0.2, 0.25) is 0 Å². The predicted molar refractivity (Wildman–Crippen MR) is 77.7 cm³/mol. The molecule has 0 bridgehead atoms. The zero-order valence-electron chi connectivity index (χ0n) is 11.8. The van der Waals surface area contributed by atoms with Gasteiger partial charge in [0.1, 0.15) is 6.54 Å². The summed E-state index contributed by atoms with van der Waals surface area (Å²) < 4.78 is 49.1. The molecule has 0 fully saturated rings. The van der Waals surface area contributed by atoms with Gasteiger partial charge in [-0.1, -0.05) is 0 Å². The summed E-state index contributed by atoms with van der Waals surface area (Å²) in [7, 11) is -3.74. The standard InChI is InChI=1S/C12H12F2N4O4S/c1-23(21,22)11-4-9(18(19)20)2-3-10(11)16-8-5-15-17(6-8)7-12(13)14/h2-6,12,16H,7H2,1H3. The van der Waals surface area contributed by atoms with Gasteiger partial charge in [0.05, 0.1) is 27.4 Å². The maximum Gasteiger partial charge on any atom is 0.270 e. The van der Waals surface area contributed by atoms with E-state index in [-0.39, 0.29) is 22.0 Å². The molecule has 124 valence electrons. The number of non-ortho nitro benzene ring substituents is 1. The lowest BCUT2D eigenvalue weighted by molar-refractivity contribution is -0.385. The average Bonchev–Trinajstić information content (AvgIpc) is 2.84. The first-order chi connectivity index (χ1) is 10.7. The maximum absolute atomic E-state index is 12.3. The van der Waals surface area contributed by atoms with Crippen LogP contribution in [0.3, 0.4) is 0 Å². The fraction of sp³-hybridized carbons (Fsp3) is 0.250. The van der Waals surface area contributed by atoms with Crippen LogP contribution in [0.4, 0.5) is 25.8 Å². The molecule has 0 saturated heterocycles. The lowest BCUT2D eigenvalue weighted by Gasteiger charge is -2.09. The normalized spacial score (nSPS) is 11.7. The van der Waals surface area contributed by atoms with Gasteiger partial charge in [-0.2, -0.15) is 5.10 Å². The Balaban J connectivity index is 2.36. The van der Waals surface area contributed by atoms with Crippen molar-refractivity contribution in [1.29, 1.82) is 0 Å². The van der Waals surface area contributed by atoms with E-state index in [0.717, 1.165) is 23.1 Å². The second kappa shape index (κ2) is 6.28. The second-order valence-corrected chi connectivity index (χ2v) is 6.66. The Morgan fingerprint density at radius 3 is 2.70 bits per heavy atom. The molecule has 8 nitrogen and oxygen atoms in total. The van der Waals surface area contributed by atoms with E-state index < -0.39 is 27.7 Å². The third-order valence-corrected chi connectivity index (χ3v) is 3.95. The van der Waals surface area contributed by atoms with Gasteiger partial charge in [0.15, 0.2) is 9.84 Å². The molecular weight excluding hydrogens is 334 g/mol. The van der Waals surface area contributed by atoms with Crippen LogP contribution in [-0.2, 0) is 16.4 Å². The van der Waals surface area contributed by atoms with Crippen molar-refractivity contribution < 1.29 is 22.1 Å². The lowest BCUT2D eigenvalue weighted by atomic mass is 10.3. The summed E-state index contributed by atoms with van der Waals surface area (Å²) in [5.74, 6) is 0. The van der Waals surface area contributed by atoms with Gasteiger partial charge in [-0.05, 0) is 6.07 Å². The monoisotopic (exact) mass is 346 g/mol. The van der Waals surface area contributed by atoms with Crippen molar-refractivity contribution in [2.45, 2.75) is 17.9 Å². The fourth-order valence-electron chi connectivity index (χ4n) is 1.86. The van der Waals surface area contributed by atoms with Gasteiger partial charge in [0.2, 0.25) is 0 Å². The highest BCUT2D eigenvalue weighted by Gasteiger charge is 2.19. The molecule has 1 heterocycles. The molecule has 0 aliphatic heterocycles.